The second kappa shape index (κ2) is 8.54. The second-order valence-electron chi connectivity index (χ2n) is 5.79. The first-order valence-corrected chi connectivity index (χ1v) is 7.74. The van der Waals surface area contributed by atoms with Crippen molar-refractivity contribution in [3.05, 3.63) is 0 Å². The summed E-state index contributed by atoms with van der Waals surface area (Å²) in [6, 6.07) is 0.0338. The van der Waals surface area contributed by atoms with Gasteiger partial charge in [-0.2, -0.15) is 0 Å². The number of amides is 1. The maximum Gasteiger partial charge on any atom is 0.241 e. The number of ether oxygens (including phenoxy) is 1. The molecule has 1 amide bonds. The highest BCUT2D eigenvalue weighted by molar-refractivity contribution is 5.84. The fourth-order valence-corrected chi connectivity index (χ4v) is 2.50. The lowest BCUT2D eigenvalue weighted by molar-refractivity contribution is -0.130. The summed E-state index contributed by atoms with van der Waals surface area (Å²) in [6.45, 7) is 10.9. The standard InChI is InChI=1S/C15H30N2O2/c1-5-8-13-15(18)17(14(6-2)16-13)9-7-10-19-11-12(3)4/h12-14,16H,5-11H2,1-4H3. The van der Waals surface area contributed by atoms with E-state index in [9.17, 15) is 4.79 Å². The molecule has 1 saturated heterocycles. The summed E-state index contributed by atoms with van der Waals surface area (Å²) in [5.74, 6) is 0.852. The molecule has 2 unspecified atom stereocenters. The van der Waals surface area contributed by atoms with Crippen LogP contribution in [0.5, 0.6) is 0 Å². The summed E-state index contributed by atoms with van der Waals surface area (Å²) < 4.78 is 5.57. The van der Waals surface area contributed by atoms with Gasteiger partial charge in [0, 0.05) is 19.8 Å². The lowest BCUT2D eigenvalue weighted by Gasteiger charge is -2.23. The van der Waals surface area contributed by atoms with Gasteiger partial charge in [-0.1, -0.05) is 34.1 Å². The third-order valence-corrected chi connectivity index (χ3v) is 3.45. The second-order valence-corrected chi connectivity index (χ2v) is 5.79. The van der Waals surface area contributed by atoms with Gasteiger partial charge in [-0.25, -0.2) is 0 Å². The Morgan fingerprint density at radius 3 is 2.68 bits per heavy atom. The summed E-state index contributed by atoms with van der Waals surface area (Å²) in [5.41, 5.74) is 0. The number of carbonyl (C=O) groups is 1. The Morgan fingerprint density at radius 1 is 1.37 bits per heavy atom. The number of nitrogens with zero attached hydrogens (tertiary/aromatic N) is 1. The van der Waals surface area contributed by atoms with Gasteiger partial charge in [0.05, 0.1) is 12.2 Å². The van der Waals surface area contributed by atoms with Crippen LogP contribution in [0.25, 0.3) is 0 Å². The van der Waals surface area contributed by atoms with Gasteiger partial charge in [-0.05, 0) is 25.2 Å². The molecule has 4 heteroatoms. The summed E-state index contributed by atoms with van der Waals surface area (Å²) in [5, 5.41) is 3.44. The largest absolute Gasteiger partial charge is 0.381 e. The molecule has 0 aromatic rings. The zero-order valence-corrected chi connectivity index (χ0v) is 12.9. The van der Waals surface area contributed by atoms with Gasteiger partial charge in [-0.15, -0.1) is 0 Å². The Labute approximate surface area is 117 Å². The maximum atomic E-state index is 12.3. The van der Waals surface area contributed by atoms with Gasteiger partial charge in [0.25, 0.3) is 0 Å². The highest BCUT2D eigenvalue weighted by Gasteiger charge is 2.36. The van der Waals surface area contributed by atoms with Crippen LogP contribution in [0, 0.1) is 5.92 Å². The van der Waals surface area contributed by atoms with Crippen molar-refractivity contribution in [3.63, 3.8) is 0 Å². The minimum atomic E-state index is 0.0338. The molecule has 0 aromatic carbocycles. The average Bonchev–Trinajstić information content (AvgIpc) is 2.66. The Kier molecular flexibility index (Phi) is 7.39. The van der Waals surface area contributed by atoms with Gasteiger partial charge in [0.2, 0.25) is 5.91 Å². The van der Waals surface area contributed by atoms with E-state index in [0.717, 1.165) is 45.4 Å². The summed E-state index contributed by atoms with van der Waals surface area (Å²) in [6.07, 6.45) is 4.10. The topological polar surface area (TPSA) is 41.6 Å². The van der Waals surface area contributed by atoms with E-state index in [0.29, 0.717) is 5.92 Å². The molecular formula is C15H30N2O2. The van der Waals surface area contributed by atoms with Gasteiger partial charge >= 0.3 is 0 Å². The molecule has 1 N–H and O–H groups in total. The van der Waals surface area contributed by atoms with Crippen molar-refractivity contribution in [3.8, 4) is 0 Å². The van der Waals surface area contributed by atoms with E-state index < -0.39 is 0 Å². The number of hydrogen-bond acceptors (Lipinski definition) is 3. The number of nitrogens with one attached hydrogen (secondary N) is 1. The van der Waals surface area contributed by atoms with Crippen molar-refractivity contribution in [1.29, 1.82) is 0 Å². The molecule has 1 aliphatic rings. The Hall–Kier alpha value is -0.610. The van der Waals surface area contributed by atoms with Crippen LogP contribution >= 0.6 is 0 Å². The Balaban J connectivity index is 2.32. The minimum Gasteiger partial charge on any atom is -0.381 e. The quantitative estimate of drug-likeness (QED) is 0.654. The first kappa shape index (κ1) is 16.4. The van der Waals surface area contributed by atoms with E-state index in [1.54, 1.807) is 0 Å². The van der Waals surface area contributed by atoms with Crippen molar-refractivity contribution >= 4 is 5.91 Å². The van der Waals surface area contributed by atoms with Crippen molar-refractivity contribution < 1.29 is 9.53 Å². The van der Waals surface area contributed by atoms with E-state index in [2.05, 4.69) is 33.0 Å². The van der Waals surface area contributed by atoms with Crippen LogP contribution in [0.15, 0.2) is 0 Å². The summed E-state index contributed by atoms with van der Waals surface area (Å²) in [4.78, 5) is 14.3. The van der Waals surface area contributed by atoms with Crippen LogP contribution in [-0.4, -0.2) is 42.8 Å². The van der Waals surface area contributed by atoms with E-state index in [1.807, 2.05) is 4.90 Å². The van der Waals surface area contributed by atoms with Gasteiger partial charge in [0.1, 0.15) is 0 Å². The first-order valence-electron chi connectivity index (χ1n) is 7.74. The summed E-state index contributed by atoms with van der Waals surface area (Å²) >= 11 is 0. The lowest BCUT2D eigenvalue weighted by atomic mass is 10.2. The maximum absolute atomic E-state index is 12.3. The average molecular weight is 270 g/mol. The Morgan fingerprint density at radius 2 is 2.11 bits per heavy atom. The predicted octanol–water partition coefficient (Wildman–Crippen LogP) is 2.39. The van der Waals surface area contributed by atoms with Crippen LogP contribution in [0.4, 0.5) is 0 Å². The zero-order valence-electron chi connectivity index (χ0n) is 12.9. The highest BCUT2D eigenvalue weighted by Crippen LogP contribution is 2.17. The van der Waals surface area contributed by atoms with Crippen molar-refractivity contribution in [2.45, 2.75) is 65.6 Å². The highest BCUT2D eigenvalue weighted by atomic mass is 16.5. The van der Waals surface area contributed by atoms with E-state index in [4.69, 9.17) is 4.74 Å². The normalized spacial score (nSPS) is 23.6. The number of rotatable bonds is 9. The molecule has 4 nitrogen and oxygen atoms in total. The first-order chi connectivity index (χ1) is 9.10. The fourth-order valence-electron chi connectivity index (χ4n) is 2.50. The van der Waals surface area contributed by atoms with Crippen LogP contribution in [0.2, 0.25) is 0 Å². The molecule has 0 aromatic heterocycles. The fraction of sp³-hybridized carbons (Fsp3) is 0.933. The molecule has 1 heterocycles. The lowest BCUT2D eigenvalue weighted by Crippen LogP contribution is -2.37. The third kappa shape index (κ3) is 5.11. The van der Waals surface area contributed by atoms with E-state index >= 15 is 0 Å². The van der Waals surface area contributed by atoms with Crippen LogP contribution in [-0.2, 0) is 9.53 Å². The van der Waals surface area contributed by atoms with Crippen molar-refractivity contribution in [2.75, 3.05) is 19.8 Å². The summed E-state index contributed by atoms with van der Waals surface area (Å²) in [7, 11) is 0. The molecule has 0 radical (unpaired) electrons. The predicted molar refractivity (Wildman–Crippen MR) is 77.9 cm³/mol. The monoisotopic (exact) mass is 270 g/mol. The van der Waals surface area contributed by atoms with E-state index in [1.165, 1.54) is 0 Å². The molecule has 2 atom stereocenters. The molecule has 112 valence electrons. The molecule has 19 heavy (non-hydrogen) atoms. The zero-order chi connectivity index (χ0) is 14.3. The van der Waals surface area contributed by atoms with Crippen LogP contribution in [0.3, 0.4) is 0 Å². The van der Waals surface area contributed by atoms with Gasteiger partial charge in [0.15, 0.2) is 0 Å². The SMILES string of the molecule is CCCC1NC(CC)N(CCCOCC(C)C)C1=O. The molecule has 1 rings (SSSR count). The smallest absolute Gasteiger partial charge is 0.241 e. The molecule has 0 bridgehead atoms. The number of carbonyl (C=O) groups excluding carboxylic acids is 1. The van der Waals surface area contributed by atoms with Gasteiger partial charge in [-0.3, -0.25) is 10.1 Å². The molecule has 1 aliphatic heterocycles. The van der Waals surface area contributed by atoms with Crippen molar-refractivity contribution in [2.24, 2.45) is 5.92 Å². The van der Waals surface area contributed by atoms with Crippen molar-refractivity contribution in [1.82, 2.24) is 10.2 Å². The van der Waals surface area contributed by atoms with Crippen LogP contribution < -0.4 is 5.32 Å². The van der Waals surface area contributed by atoms with E-state index in [-0.39, 0.29) is 18.1 Å². The van der Waals surface area contributed by atoms with Gasteiger partial charge < -0.3 is 9.64 Å². The minimum absolute atomic E-state index is 0.0338. The van der Waals surface area contributed by atoms with Crippen LogP contribution in [0.1, 0.15) is 53.4 Å². The molecule has 0 spiro atoms. The Bertz CT molecular complexity index is 269. The third-order valence-electron chi connectivity index (χ3n) is 3.45. The molecule has 1 fully saturated rings. The molecular weight excluding hydrogens is 240 g/mol. The molecule has 0 aliphatic carbocycles. The molecule has 0 saturated carbocycles. The number of hydrogen-bond donors (Lipinski definition) is 1.